The molecule has 0 aromatic heterocycles. The molecule has 94 valence electrons. The number of nitrogens with two attached hydrogens (primary N) is 1. The number of methoxy groups -OCH3 is 1. The molecule has 0 amide bonds. The topological polar surface area (TPSA) is 75.8 Å². The van der Waals surface area contributed by atoms with Crippen LogP contribution < -0.4 is 5.73 Å². The van der Waals surface area contributed by atoms with E-state index in [0.717, 1.165) is 0 Å². The Kier molecular flexibility index (Phi) is 8.05. The maximum atomic E-state index is 11.0. The largest absolute Gasteiger partial charge is 0.480 e. The van der Waals surface area contributed by atoms with E-state index in [-0.39, 0.29) is 0 Å². The Morgan fingerprint density at radius 2 is 2.19 bits per heavy atom. The zero-order valence-corrected chi connectivity index (χ0v) is 10.6. The molecule has 0 aromatic rings. The molecule has 5 nitrogen and oxygen atoms in total. The second-order valence-electron chi connectivity index (χ2n) is 3.51. The van der Waals surface area contributed by atoms with Gasteiger partial charge in [-0.2, -0.15) is 0 Å². The zero-order chi connectivity index (χ0) is 12.6. The van der Waals surface area contributed by atoms with Crippen molar-refractivity contribution in [1.82, 2.24) is 4.90 Å². The summed E-state index contributed by atoms with van der Waals surface area (Å²) in [7, 11) is 1.59. The summed E-state index contributed by atoms with van der Waals surface area (Å²) in [6.07, 6.45) is 1.08. The van der Waals surface area contributed by atoms with Gasteiger partial charge in [-0.25, -0.2) is 0 Å². The predicted molar refractivity (Wildman–Crippen MR) is 66.6 cm³/mol. The van der Waals surface area contributed by atoms with Crippen molar-refractivity contribution >= 4 is 23.2 Å². The smallest absolute Gasteiger partial charge is 0.320 e. The molecule has 0 saturated carbocycles. The molecular formula is C10H20N2O3S. The van der Waals surface area contributed by atoms with Gasteiger partial charge in [0.15, 0.2) is 0 Å². The van der Waals surface area contributed by atoms with Crippen molar-refractivity contribution < 1.29 is 14.6 Å². The van der Waals surface area contributed by atoms with Crippen molar-refractivity contribution in [2.75, 3.05) is 26.8 Å². The Morgan fingerprint density at radius 3 is 2.56 bits per heavy atom. The molecule has 0 fully saturated rings. The van der Waals surface area contributed by atoms with Crippen LogP contribution in [0.15, 0.2) is 0 Å². The van der Waals surface area contributed by atoms with Gasteiger partial charge in [0.05, 0.1) is 11.6 Å². The molecule has 6 heteroatoms. The van der Waals surface area contributed by atoms with Crippen LogP contribution in [0.1, 0.15) is 19.8 Å². The van der Waals surface area contributed by atoms with Crippen LogP contribution in [0.25, 0.3) is 0 Å². The molecule has 1 unspecified atom stereocenters. The normalized spacial score (nSPS) is 12.7. The van der Waals surface area contributed by atoms with Crippen LogP contribution >= 0.6 is 12.2 Å². The summed E-state index contributed by atoms with van der Waals surface area (Å²) in [6, 6.07) is -0.496. The van der Waals surface area contributed by atoms with E-state index in [4.69, 9.17) is 27.8 Å². The van der Waals surface area contributed by atoms with Gasteiger partial charge < -0.3 is 15.6 Å². The van der Waals surface area contributed by atoms with Gasteiger partial charge in [0, 0.05) is 26.6 Å². The fourth-order valence-corrected chi connectivity index (χ4v) is 1.57. The molecule has 0 bridgehead atoms. The Bertz CT molecular complexity index is 236. The highest BCUT2D eigenvalue weighted by Gasteiger charge is 2.23. The van der Waals surface area contributed by atoms with Gasteiger partial charge in [0.25, 0.3) is 0 Å². The average Bonchev–Trinajstić information content (AvgIpc) is 2.21. The summed E-state index contributed by atoms with van der Waals surface area (Å²) in [4.78, 5) is 13.3. The summed E-state index contributed by atoms with van der Waals surface area (Å²) in [5, 5.41) is 9.06. The Morgan fingerprint density at radius 1 is 1.56 bits per heavy atom. The maximum Gasteiger partial charge on any atom is 0.320 e. The van der Waals surface area contributed by atoms with E-state index < -0.39 is 12.0 Å². The number of thiocarbonyl (C=S) groups is 1. The molecular weight excluding hydrogens is 228 g/mol. The monoisotopic (exact) mass is 248 g/mol. The third-order valence-electron chi connectivity index (χ3n) is 2.34. The first-order chi connectivity index (χ1) is 7.52. The van der Waals surface area contributed by atoms with Crippen LogP contribution in [0.5, 0.6) is 0 Å². The van der Waals surface area contributed by atoms with Gasteiger partial charge in [-0.3, -0.25) is 9.69 Å². The first-order valence-electron chi connectivity index (χ1n) is 5.27. The summed E-state index contributed by atoms with van der Waals surface area (Å²) in [5.74, 6) is -0.818. The van der Waals surface area contributed by atoms with Crippen molar-refractivity contribution in [3.05, 3.63) is 0 Å². The minimum Gasteiger partial charge on any atom is -0.480 e. The van der Waals surface area contributed by atoms with Crippen LogP contribution in [0.3, 0.4) is 0 Å². The number of carbonyl (C=O) groups is 1. The van der Waals surface area contributed by atoms with Gasteiger partial charge >= 0.3 is 5.97 Å². The third kappa shape index (κ3) is 5.99. The highest BCUT2D eigenvalue weighted by molar-refractivity contribution is 7.80. The van der Waals surface area contributed by atoms with Crippen molar-refractivity contribution in [3.8, 4) is 0 Å². The van der Waals surface area contributed by atoms with E-state index in [1.165, 1.54) is 0 Å². The highest BCUT2D eigenvalue weighted by atomic mass is 32.1. The third-order valence-corrected chi connectivity index (χ3v) is 2.54. The quantitative estimate of drug-likeness (QED) is 0.578. The molecule has 0 heterocycles. The first-order valence-corrected chi connectivity index (χ1v) is 5.67. The lowest BCUT2D eigenvalue weighted by Gasteiger charge is -2.27. The Hall–Kier alpha value is -0.720. The number of aliphatic carboxylic acids is 1. The minimum absolute atomic E-state index is 0.405. The number of hydrogen-bond donors (Lipinski definition) is 2. The number of nitrogens with zero attached hydrogens (tertiary/aromatic N) is 1. The van der Waals surface area contributed by atoms with Crippen molar-refractivity contribution in [2.45, 2.75) is 25.8 Å². The van der Waals surface area contributed by atoms with E-state index in [9.17, 15) is 4.79 Å². The van der Waals surface area contributed by atoms with E-state index in [1.807, 2.05) is 11.8 Å². The second-order valence-corrected chi connectivity index (χ2v) is 4.03. The lowest BCUT2D eigenvalue weighted by atomic mass is 10.2. The predicted octanol–water partition coefficient (Wildman–Crippen LogP) is 0.474. The Labute approximate surface area is 102 Å². The summed E-state index contributed by atoms with van der Waals surface area (Å²) in [5.41, 5.74) is 5.41. The number of hydrogen-bond acceptors (Lipinski definition) is 4. The number of carboxylic acids is 1. The van der Waals surface area contributed by atoms with Gasteiger partial charge in [-0.05, 0) is 6.42 Å². The summed E-state index contributed by atoms with van der Waals surface area (Å²) >= 11 is 4.79. The van der Waals surface area contributed by atoms with E-state index >= 15 is 0 Å². The number of ether oxygens (including phenoxy) is 1. The fraction of sp³-hybridized carbons (Fsp3) is 0.800. The molecule has 0 rings (SSSR count). The molecule has 0 spiro atoms. The van der Waals surface area contributed by atoms with E-state index in [1.54, 1.807) is 7.11 Å². The lowest BCUT2D eigenvalue weighted by Crippen LogP contribution is -2.43. The molecule has 0 aromatic carbocycles. The molecule has 16 heavy (non-hydrogen) atoms. The average molecular weight is 248 g/mol. The lowest BCUT2D eigenvalue weighted by molar-refractivity contribution is -0.143. The molecule has 3 N–H and O–H groups in total. The maximum absolute atomic E-state index is 11.0. The van der Waals surface area contributed by atoms with Gasteiger partial charge in [-0.1, -0.05) is 19.1 Å². The SMILES string of the molecule is CCC(C(=O)O)N(CCOC)CCC(N)=S. The molecule has 0 saturated heterocycles. The Balaban J connectivity index is 4.36. The summed E-state index contributed by atoms with van der Waals surface area (Å²) in [6.45, 7) is 3.48. The van der Waals surface area contributed by atoms with Crippen LogP contribution in [-0.4, -0.2) is 53.8 Å². The first kappa shape index (κ1) is 15.3. The number of rotatable bonds is 9. The van der Waals surface area contributed by atoms with Gasteiger partial charge in [0.2, 0.25) is 0 Å². The van der Waals surface area contributed by atoms with Crippen LogP contribution in [0.4, 0.5) is 0 Å². The number of carboxylic acid groups (broad SMARTS) is 1. The minimum atomic E-state index is -0.818. The van der Waals surface area contributed by atoms with E-state index in [0.29, 0.717) is 37.5 Å². The molecule has 1 atom stereocenters. The van der Waals surface area contributed by atoms with Crippen molar-refractivity contribution in [2.24, 2.45) is 5.73 Å². The van der Waals surface area contributed by atoms with E-state index in [2.05, 4.69) is 0 Å². The van der Waals surface area contributed by atoms with Gasteiger partial charge in [0.1, 0.15) is 6.04 Å². The second kappa shape index (κ2) is 8.43. The molecule has 0 aliphatic carbocycles. The van der Waals surface area contributed by atoms with Crippen molar-refractivity contribution in [3.63, 3.8) is 0 Å². The standard InChI is InChI=1S/C10H20N2O3S/c1-3-8(10(13)14)12(6-7-15-2)5-4-9(11)16/h8H,3-7H2,1-2H3,(H2,11,16)(H,13,14). The van der Waals surface area contributed by atoms with Gasteiger partial charge in [-0.15, -0.1) is 0 Å². The molecule has 0 aliphatic rings. The van der Waals surface area contributed by atoms with Crippen LogP contribution in [-0.2, 0) is 9.53 Å². The van der Waals surface area contributed by atoms with Crippen molar-refractivity contribution in [1.29, 1.82) is 0 Å². The molecule has 0 radical (unpaired) electrons. The van der Waals surface area contributed by atoms with Crippen LogP contribution in [0.2, 0.25) is 0 Å². The van der Waals surface area contributed by atoms with Crippen LogP contribution in [0, 0.1) is 0 Å². The molecule has 0 aliphatic heterocycles. The fourth-order valence-electron chi connectivity index (χ4n) is 1.47. The highest BCUT2D eigenvalue weighted by Crippen LogP contribution is 2.05. The summed E-state index contributed by atoms with van der Waals surface area (Å²) < 4.78 is 4.95. The zero-order valence-electron chi connectivity index (χ0n) is 9.81.